The minimum Gasteiger partial charge on any atom is -0.386 e. The number of thioether (sulfide) groups is 1. The number of carbonyl (C=O) groups excluding carboxylic acids is 1. The fraction of sp³-hybridized carbons (Fsp3) is 0.462. The first-order valence-corrected chi connectivity index (χ1v) is 7.14. The lowest BCUT2D eigenvalue weighted by atomic mass is 10.1. The van der Waals surface area contributed by atoms with E-state index in [1.54, 1.807) is 23.9 Å². The lowest BCUT2D eigenvalue weighted by molar-refractivity contribution is -0.124. The van der Waals surface area contributed by atoms with Gasteiger partial charge in [0.2, 0.25) is 5.91 Å². The van der Waals surface area contributed by atoms with Crippen LogP contribution < -0.4 is 5.32 Å². The summed E-state index contributed by atoms with van der Waals surface area (Å²) in [5.41, 5.74) is 0.204. The monoisotopic (exact) mass is 271 g/mol. The fourth-order valence-electron chi connectivity index (χ4n) is 1.55. The first kappa shape index (κ1) is 15.0. The Hall–Kier alpha value is -1.07. The quantitative estimate of drug-likeness (QED) is 0.831. The molecule has 0 fully saturated rings. The van der Waals surface area contributed by atoms with Crippen molar-refractivity contribution in [3.05, 3.63) is 35.6 Å². The van der Waals surface area contributed by atoms with Gasteiger partial charge in [-0.25, -0.2) is 4.39 Å². The van der Waals surface area contributed by atoms with Gasteiger partial charge < -0.3 is 10.4 Å². The Morgan fingerprint density at radius 3 is 2.78 bits per heavy atom. The van der Waals surface area contributed by atoms with Gasteiger partial charge in [-0.1, -0.05) is 25.1 Å². The second kappa shape index (κ2) is 7.38. The SMILES string of the molecule is CSC[C@@H](C)C(=O)NC[C@H](O)c1ccccc1F. The number of aliphatic hydroxyl groups excluding tert-OH is 1. The van der Waals surface area contributed by atoms with Gasteiger partial charge in [0.15, 0.2) is 0 Å². The highest BCUT2D eigenvalue weighted by Crippen LogP contribution is 2.15. The molecule has 1 rings (SSSR count). The normalized spacial score (nSPS) is 14.0. The predicted molar refractivity (Wildman–Crippen MR) is 71.9 cm³/mol. The molecule has 1 amide bonds. The second-order valence-corrected chi connectivity index (χ2v) is 5.05. The number of carbonyl (C=O) groups is 1. The van der Waals surface area contributed by atoms with Crippen LogP contribution in [0.4, 0.5) is 4.39 Å². The number of nitrogens with one attached hydrogen (secondary N) is 1. The van der Waals surface area contributed by atoms with Crippen LogP contribution in [-0.4, -0.2) is 29.6 Å². The topological polar surface area (TPSA) is 49.3 Å². The summed E-state index contributed by atoms with van der Waals surface area (Å²) >= 11 is 1.59. The van der Waals surface area contributed by atoms with E-state index in [9.17, 15) is 14.3 Å². The molecule has 5 heteroatoms. The molecule has 0 radical (unpaired) electrons. The molecule has 0 saturated carbocycles. The number of hydrogen-bond acceptors (Lipinski definition) is 3. The van der Waals surface area contributed by atoms with Gasteiger partial charge in [-0.05, 0) is 12.3 Å². The Kier molecular flexibility index (Phi) is 6.15. The summed E-state index contributed by atoms with van der Waals surface area (Å²) in [7, 11) is 0. The third-order valence-electron chi connectivity index (χ3n) is 2.60. The maximum atomic E-state index is 13.4. The Labute approximate surface area is 111 Å². The number of halogens is 1. The zero-order chi connectivity index (χ0) is 13.5. The van der Waals surface area contributed by atoms with Crippen molar-refractivity contribution in [2.24, 2.45) is 5.92 Å². The molecule has 0 aliphatic rings. The standard InChI is InChI=1S/C13H18FNO2S/c1-9(8-18-2)13(17)15-7-12(16)10-5-3-4-6-11(10)14/h3-6,9,12,16H,7-8H2,1-2H3,(H,15,17)/t9-,12+/m1/s1. The molecular weight excluding hydrogens is 253 g/mol. The van der Waals surface area contributed by atoms with Crippen LogP contribution in [0.25, 0.3) is 0 Å². The molecule has 2 atom stereocenters. The van der Waals surface area contributed by atoms with E-state index in [0.29, 0.717) is 0 Å². The van der Waals surface area contributed by atoms with Crippen LogP contribution in [-0.2, 0) is 4.79 Å². The molecule has 0 aromatic heterocycles. The molecule has 0 bridgehead atoms. The first-order chi connectivity index (χ1) is 8.56. The Morgan fingerprint density at radius 1 is 1.50 bits per heavy atom. The van der Waals surface area contributed by atoms with E-state index in [1.165, 1.54) is 12.1 Å². The summed E-state index contributed by atoms with van der Waals surface area (Å²) < 4.78 is 13.4. The van der Waals surface area contributed by atoms with Crippen LogP contribution in [0.3, 0.4) is 0 Å². The van der Waals surface area contributed by atoms with Crippen LogP contribution in [0.5, 0.6) is 0 Å². The molecule has 0 unspecified atom stereocenters. The van der Waals surface area contributed by atoms with Crippen molar-refractivity contribution in [1.29, 1.82) is 0 Å². The summed E-state index contributed by atoms with van der Waals surface area (Å²) in [4.78, 5) is 11.6. The number of hydrogen-bond donors (Lipinski definition) is 2. The van der Waals surface area contributed by atoms with E-state index in [4.69, 9.17) is 0 Å². The van der Waals surface area contributed by atoms with E-state index in [-0.39, 0.29) is 23.9 Å². The molecule has 3 nitrogen and oxygen atoms in total. The number of amides is 1. The van der Waals surface area contributed by atoms with Crippen molar-refractivity contribution in [3.63, 3.8) is 0 Å². The fourth-order valence-corrected chi connectivity index (χ4v) is 2.20. The van der Waals surface area contributed by atoms with Gasteiger partial charge in [0.25, 0.3) is 0 Å². The minimum absolute atomic E-state index is 0.0263. The van der Waals surface area contributed by atoms with E-state index >= 15 is 0 Å². The van der Waals surface area contributed by atoms with E-state index in [1.807, 2.05) is 13.2 Å². The Bertz CT molecular complexity index is 400. The van der Waals surface area contributed by atoms with Gasteiger partial charge in [0.05, 0.1) is 6.10 Å². The maximum Gasteiger partial charge on any atom is 0.223 e. The summed E-state index contributed by atoms with van der Waals surface area (Å²) in [6.45, 7) is 1.85. The summed E-state index contributed by atoms with van der Waals surface area (Å²) in [5, 5.41) is 12.4. The highest BCUT2D eigenvalue weighted by atomic mass is 32.2. The molecular formula is C13H18FNO2S. The van der Waals surface area contributed by atoms with Gasteiger partial charge in [-0.3, -0.25) is 4.79 Å². The zero-order valence-corrected chi connectivity index (χ0v) is 11.3. The van der Waals surface area contributed by atoms with Gasteiger partial charge >= 0.3 is 0 Å². The molecule has 0 aliphatic carbocycles. The number of rotatable bonds is 6. The lowest BCUT2D eigenvalue weighted by Crippen LogP contribution is -2.33. The first-order valence-electron chi connectivity index (χ1n) is 5.75. The third kappa shape index (κ3) is 4.31. The summed E-state index contributed by atoms with van der Waals surface area (Å²) in [6.07, 6.45) is 0.912. The van der Waals surface area contributed by atoms with Crippen molar-refractivity contribution >= 4 is 17.7 Å². The largest absolute Gasteiger partial charge is 0.386 e. The summed E-state index contributed by atoms with van der Waals surface area (Å²) in [6, 6.07) is 6.01. The Balaban J connectivity index is 2.49. The van der Waals surface area contributed by atoms with Crippen molar-refractivity contribution < 1.29 is 14.3 Å². The molecule has 1 aromatic carbocycles. The molecule has 1 aromatic rings. The zero-order valence-electron chi connectivity index (χ0n) is 10.5. The van der Waals surface area contributed by atoms with Crippen molar-refractivity contribution in [1.82, 2.24) is 5.32 Å². The molecule has 18 heavy (non-hydrogen) atoms. The third-order valence-corrected chi connectivity index (χ3v) is 3.43. The van der Waals surface area contributed by atoms with Crippen LogP contribution in [0, 0.1) is 11.7 Å². The van der Waals surface area contributed by atoms with Gasteiger partial charge in [-0.15, -0.1) is 0 Å². The average Bonchev–Trinajstić information content (AvgIpc) is 2.36. The molecule has 2 N–H and O–H groups in total. The highest BCUT2D eigenvalue weighted by Gasteiger charge is 2.16. The smallest absolute Gasteiger partial charge is 0.223 e. The van der Waals surface area contributed by atoms with Crippen molar-refractivity contribution in [2.75, 3.05) is 18.6 Å². The average molecular weight is 271 g/mol. The molecule has 0 heterocycles. The molecule has 0 saturated heterocycles. The summed E-state index contributed by atoms with van der Waals surface area (Å²) in [5.74, 6) is 0.0192. The minimum atomic E-state index is -1.02. The van der Waals surface area contributed by atoms with Crippen LogP contribution in [0.2, 0.25) is 0 Å². The maximum absolute atomic E-state index is 13.4. The van der Waals surface area contributed by atoms with Crippen LogP contribution in [0.1, 0.15) is 18.6 Å². The van der Waals surface area contributed by atoms with Gasteiger partial charge in [0.1, 0.15) is 5.82 Å². The number of aliphatic hydroxyl groups is 1. The Morgan fingerprint density at radius 2 is 2.17 bits per heavy atom. The van der Waals surface area contributed by atoms with Gasteiger partial charge in [0, 0.05) is 23.8 Å². The predicted octanol–water partition coefficient (Wildman–Crippen LogP) is 1.97. The lowest BCUT2D eigenvalue weighted by Gasteiger charge is -2.15. The molecule has 100 valence electrons. The van der Waals surface area contributed by atoms with E-state index < -0.39 is 11.9 Å². The van der Waals surface area contributed by atoms with Crippen LogP contribution in [0.15, 0.2) is 24.3 Å². The van der Waals surface area contributed by atoms with E-state index in [2.05, 4.69) is 5.32 Å². The number of benzene rings is 1. The van der Waals surface area contributed by atoms with Crippen molar-refractivity contribution in [2.45, 2.75) is 13.0 Å². The highest BCUT2D eigenvalue weighted by molar-refractivity contribution is 7.98. The van der Waals surface area contributed by atoms with E-state index in [0.717, 1.165) is 5.75 Å². The van der Waals surface area contributed by atoms with Crippen molar-refractivity contribution in [3.8, 4) is 0 Å². The molecule has 0 aliphatic heterocycles. The second-order valence-electron chi connectivity index (χ2n) is 4.14. The van der Waals surface area contributed by atoms with Crippen LogP contribution >= 0.6 is 11.8 Å². The molecule has 0 spiro atoms. The van der Waals surface area contributed by atoms with Gasteiger partial charge in [-0.2, -0.15) is 11.8 Å².